The van der Waals surface area contributed by atoms with E-state index in [-0.39, 0.29) is 72.6 Å². The average molecular weight is 778 g/mol. The number of nitrogens with zero attached hydrogens (tertiary/aromatic N) is 2. The zero-order chi connectivity index (χ0) is 36.6. The van der Waals surface area contributed by atoms with E-state index in [1.54, 1.807) is 30.5 Å². The third kappa shape index (κ3) is 10.4. The Morgan fingerprint density at radius 3 is 2.43 bits per heavy atom. The molecule has 0 aliphatic heterocycles. The Balaban J connectivity index is 0.00000325. The van der Waals surface area contributed by atoms with E-state index in [4.69, 9.17) is 5.73 Å². The molecule has 54 heavy (non-hydrogen) atoms. The van der Waals surface area contributed by atoms with Crippen molar-refractivity contribution >= 4 is 59.1 Å². The van der Waals surface area contributed by atoms with Crippen LogP contribution in [0.1, 0.15) is 61.4 Å². The Morgan fingerprint density at radius 1 is 0.963 bits per heavy atom. The molecule has 0 radical (unpaired) electrons. The second-order valence-corrected chi connectivity index (χ2v) is 13.3. The summed E-state index contributed by atoms with van der Waals surface area (Å²) in [6.07, 6.45) is 4.16. The third-order valence-electron chi connectivity index (χ3n) is 9.61. The van der Waals surface area contributed by atoms with Crippen molar-refractivity contribution in [2.24, 2.45) is 5.73 Å². The number of phenolic OH excluding ortho intramolecular Hbond substituents is 1. The van der Waals surface area contributed by atoms with Crippen molar-refractivity contribution in [1.29, 1.82) is 0 Å². The summed E-state index contributed by atoms with van der Waals surface area (Å²) >= 11 is 0. The molecular weight excluding hydrogens is 731 g/mol. The van der Waals surface area contributed by atoms with Crippen molar-refractivity contribution in [3.05, 3.63) is 118 Å². The van der Waals surface area contributed by atoms with E-state index in [9.17, 15) is 29.7 Å². The fraction of sp³-hybridized carbons (Fsp3) is 0.300. The van der Waals surface area contributed by atoms with Gasteiger partial charge in [0.2, 0.25) is 11.5 Å². The van der Waals surface area contributed by atoms with Crippen molar-refractivity contribution in [1.82, 2.24) is 15.3 Å². The van der Waals surface area contributed by atoms with Crippen LogP contribution in [0.15, 0.2) is 95.9 Å². The van der Waals surface area contributed by atoms with Crippen LogP contribution in [0.5, 0.6) is 5.75 Å². The van der Waals surface area contributed by atoms with Gasteiger partial charge in [-0.15, -0.1) is 24.8 Å². The summed E-state index contributed by atoms with van der Waals surface area (Å²) in [4.78, 5) is 45.7. The monoisotopic (exact) mass is 776 g/mol. The molecule has 0 bridgehead atoms. The number of benzene rings is 3. The van der Waals surface area contributed by atoms with Crippen molar-refractivity contribution in [3.8, 4) is 16.9 Å². The van der Waals surface area contributed by atoms with Crippen molar-refractivity contribution in [2.45, 2.75) is 69.7 Å². The molecule has 1 atom stereocenters. The zero-order valence-electron chi connectivity index (χ0n) is 29.6. The molecule has 14 heteroatoms. The first-order chi connectivity index (χ1) is 25.2. The van der Waals surface area contributed by atoms with Crippen LogP contribution in [-0.4, -0.2) is 55.9 Å². The summed E-state index contributed by atoms with van der Waals surface area (Å²) in [7, 11) is 0. The van der Waals surface area contributed by atoms with Crippen molar-refractivity contribution in [2.75, 3.05) is 16.8 Å². The smallest absolute Gasteiger partial charge is 0.412 e. The van der Waals surface area contributed by atoms with E-state index in [1.807, 2.05) is 48.5 Å². The molecule has 8 N–H and O–H groups in total. The van der Waals surface area contributed by atoms with Gasteiger partial charge in [-0.3, -0.25) is 19.5 Å². The number of aryl methyl sites for hydroxylation is 1. The number of carbonyl (C=O) groups excluding carboxylic acids is 1. The Morgan fingerprint density at radius 2 is 1.72 bits per heavy atom. The Kier molecular flexibility index (Phi) is 15.0. The van der Waals surface area contributed by atoms with Gasteiger partial charge < -0.3 is 36.7 Å². The van der Waals surface area contributed by atoms with Gasteiger partial charge in [-0.2, -0.15) is 0 Å². The minimum Gasteiger partial charge on any atom is -0.506 e. The number of aliphatic hydroxyl groups excluding tert-OH is 1. The van der Waals surface area contributed by atoms with Gasteiger partial charge in [-0.05, 0) is 85.5 Å². The largest absolute Gasteiger partial charge is 0.506 e. The van der Waals surface area contributed by atoms with Crippen LogP contribution in [0.2, 0.25) is 0 Å². The minimum absolute atomic E-state index is 0. The molecule has 12 nitrogen and oxygen atoms in total. The third-order valence-corrected chi connectivity index (χ3v) is 9.61. The first kappa shape index (κ1) is 41.8. The number of hydrogen-bond acceptors (Lipinski definition) is 8. The number of H-pyrrole nitrogens is 1. The number of nitrogens with one attached hydrogen (secondary N) is 3. The second-order valence-electron chi connectivity index (χ2n) is 13.3. The Bertz CT molecular complexity index is 2070. The molecule has 286 valence electrons. The maximum atomic E-state index is 12.8. The van der Waals surface area contributed by atoms with Crippen LogP contribution in [0, 0.1) is 0 Å². The van der Waals surface area contributed by atoms with Gasteiger partial charge in [0, 0.05) is 48.6 Å². The highest BCUT2D eigenvalue weighted by atomic mass is 35.5. The number of hydrogen-bond donors (Lipinski definition) is 7. The van der Waals surface area contributed by atoms with E-state index < -0.39 is 12.2 Å². The van der Waals surface area contributed by atoms with Crippen LogP contribution in [-0.2, 0) is 17.8 Å². The molecule has 1 aliphatic rings. The highest BCUT2D eigenvalue weighted by Crippen LogP contribution is 2.36. The molecule has 1 fully saturated rings. The van der Waals surface area contributed by atoms with Crippen LogP contribution in [0.25, 0.3) is 22.0 Å². The van der Waals surface area contributed by atoms with Gasteiger partial charge in [-0.1, -0.05) is 48.5 Å². The molecule has 2 heterocycles. The molecule has 1 saturated carbocycles. The fourth-order valence-electron chi connectivity index (χ4n) is 6.89. The zero-order valence-corrected chi connectivity index (χ0v) is 31.2. The molecule has 0 saturated heterocycles. The van der Waals surface area contributed by atoms with E-state index >= 15 is 0 Å². The summed E-state index contributed by atoms with van der Waals surface area (Å²) < 4.78 is 0. The molecule has 6 rings (SSSR count). The number of aromatic hydroxyl groups is 1. The Labute approximate surface area is 325 Å². The number of pyridine rings is 2. The molecule has 5 aromatic rings. The number of anilines is 2. The summed E-state index contributed by atoms with van der Waals surface area (Å²) in [6.45, 7) is 0.579. The van der Waals surface area contributed by atoms with Gasteiger partial charge in [0.1, 0.15) is 5.75 Å². The number of fused-ring (bicyclic) bond motifs is 1. The molecule has 2 aromatic heterocycles. The second kappa shape index (κ2) is 19.4. The first-order valence-electron chi connectivity index (χ1n) is 17.6. The number of phenols is 1. The van der Waals surface area contributed by atoms with Crippen molar-refractivity contribution < 1.29 is 24.9 Å². The lowest BCUT2D eigenvalue weighted by atomic mass is 9.89. The number of halogens is 2. The maximum absolute atomic E-state index is 12.8. The number of aliphatic hydroxyl groups is 1. The lowest BCUT2D eigenvalue weighted by molar-refractivity contribution is -0.116. The number of carboxylic acid groups (broad SMARTS) is 1. The number of rotatable bonds is 13. The number of aromatic nitrogens is 2. The molecule has 3 aromatic carbocycles. The van der Waals surface area contributed by atoms with Crippen LogP contribution in [0.3, 0.4) is 0 Å². The van der Waals surface area contributed by atoms with Crippen LogP contribution in [0.4, 0.5) is 16.2 Å². The highest BCUT2D eigenvalue weighted by molar-refractivity contribution is 5.94. The van der Waals surface area contributed by atoms with Crippen molar-refractivity contribution in [3.63, 3.8) is 0 Å². The predicted octanol–water partition coefficient (Wildman–Crippen LogP) is 6.68. The summed E-state index contributed by atoms with van der Waals surface area (Å²) in [5, 5.41) is 37.9. The highest BCUT2D eigenvalue weighted by Gasteiger charge is 2.30. The summed E-state index contributed by atoms with van der Waals surface area (Å²) in [5.74, 6) is -0.217. The standard InChI is InChI=1S/C40H44N6O6.2ClH/c41-27-10-14-30(15-11-27)46(40(51)52)34-21-25(9-16-31(34)26-6-2-1-3-7-26)5-4-8-37(49)44-29-13-12-28(43-23-29)22-42-24-36(48)32-17-19-35(47)39-33(32)18-20-38(50)45-39;;/h1-3,6-7,9,12-13,16-21,23,27,30,36,42,47-48H,4-5,8,10-11,14-15,22,24,41H2,(H,44,49)(H,45,50)(H,51,52);2*1H/t27?,30?,36-;;/m0../s1. The fourth-order valence-corrected chi connectivity index (χ4v) is 6.89. The molecule has 2 amide bonds. The van der Waals surface area contributed by atoms with Crippen LogP contribution >= 0.6 is 24.8 Å². The number of aromatic amines is 1. The van der Waals surface area contributed by atoms with E-state index in [1.165, 1.54) is 17.0 Å². The van der Waals surface area contributed by atoms with Crippen LogP contribution < -0.4 is 26.8 Å². The van der Waals surface area contributed by atoms with Gasteiger partial charge in [0.05, 0.1) is 34.9 Å². The maximum Gasteiger partial charge on any atom is 0.412 e. The molecule has 1 aliphatic carbocycles. The normalized spacial score (nSPS) is 15.7. The quantitative estimate of drug-likeness (QED) is 0.0683. The van der Waals surface area contributed by atoms with E-state index in [0.29, 0.717) is 60.2 Å². The molecule has 0 spiro atoms. The van der Waals surface area contributed by atoms with Gasteiger partial charge >= 0.3 is 6.09 Å². The SMILES string of the molecule is Cl.Cl.NC1CCC(N(C(=O)O)c2cc(CCCC(=O)Nc3ccc(CNC[C@H](O)c4ccc(O)c5[nH]c(=O)ccc45)nc3)ccc2-c2ccccc2)CC1. The predicted molar refractivity (Wildman–Crippen MR) is 216 cm³/mol. The van der Waals surface area contributed by atoms with Gasteiger partial charge in [0.25, 0.3) is 0 Å². The van der Waals surface area contributed by atoms with E-state index in [0.717, 1.165) is 29.5 Å². The van der Waals surface area contributed by atoms with E-state index in [2.05, 4.69) is 20.6 Å². The number of amides is 2. The number of nitrogens with two attached hydrogens (primary N) is 1. The molecular formula is C40H46Cl2N6O6. The summed E-state index contributed by atoms with van der Waals surface area (Å²) in [5.41, 5.74) is 11.3. The average Bonchev–Trinajstić information content (AvgIpc) is 3.14. The molecule has 0 unspecified atom stereocenters. The topological polar surface area (TPSA) is 194 Å². The van der Waals surface area contributed by atoms with Gasteiger partial charge in [-0.25, -0.2) is 4.79 Å². The first-order valence-corrected chi connectivity index (χ1v) is 17.6. The lowest BCUT2D eigenvalue weighted by Crippen LogP contribution is -2.44. The number of carbonyl (C=O) groups is 2. The van der Waals surface area contributed by atoms with Gasteiger partial charge in [0.15, 0.2) is 0 Å². The minimum atomic E-state index is -0.982. The summed E-state index contributed by atoms with van der Waals surface area (Å²) in [6, 6.07) is 25.2. The lowest BCUT2D eigenvalue weighted by Gasteiger charge is -2.35. The Hall–Kier alpha value is -4.98.